The predicted octanol–water partition coefficient (Wildman–Crippen LogP) is 3.28. The Morgan fingerprint density at radius 3 is 1.80 bits per heavy atom. The van der Waals surface area contributed by atoms with Crippen LogP contribution in [0.1, 0.15) is 85.0 Å². The fourth-order valence-electron chi connectivity index (χ4n) is 3.12. The Morgan fingerprint density at radius 1 is 0.920 bits per heavy atom. The Hall–Kier alpha value is -1.14. The van der Waals surface area contributed by atoms with Gasteiger partial charge in [0.05, 0.1) is 13.2 Å². The maximum absolute atomic E-state index is 12.2. The lowest BCUT2D eigenvalue weighted by Gasteiger charge is -2.44. The van der Waals surface area contributed by atoms with E-state index < -0.39 is 5.97 Å². The Balaban J connectivity index is 0.00000129. The van der Waals surface area contributed by atoms with Gasteiger partial charge in [0.15, 0.2) is 0 Å². The molecule has 1 aliphatic carbocycles. The number of aliphatic hydroxyl groups excluding tert-OH is 2. The van der Waals surface area contributed by atoms with Crippen molar-refractivity contribution in [2.75, 3.05) is 13.2 Å². The van der Waals surface area contributed by atoms with E-state index in [1.165, 1.54) is 12.8 Å². The fraction of sp³-hybridized carbons (Fsp3) is 0.895. The summed E-state index contributed by atoms with van der Waals surface area (Å²) in [5, 5.41) is 23.9. The molecule has 1 aliphatic rings. The number of carboxylic acids is 1. The standard InChI is InChI=1S/C17H30O4.C2H6O2/c1-16(2,3)17(12-8-4-5-9-13-17)21-15(20)11-7-6-10-14(18)19;3-1-2-4/h4-13H2,1-3H3,(H,18,19);3-4H,1-2H2. The largest absolute Gasteiger partial charge is 0.481 e. The van der Waals surface area contributed by atoms with Crippen LogP contribution in [0.15, 0.2) is 0 Å². The zero-order chi connectivity index (χ0) is 19.3. The van der Waals surface area contributed by atoms with Crippen LogP contribution in [0.2, 0.25) is 0 Å². The van der Waals surface area contributed by atoms with Crippen LogP contribution in [-0.2, 0) is 14.3 Å². The van der Waals surface area contributed by atoms with Crippen LogP contribution in [0.3, 0.4) is 0 Å². The molecule has 0 spiro atoms. The first-order chi connectivity index (χ1) is 11.7. The van der Waals surface area contributed by atoms with E-state index in [-0.39, 0.29) is 36.6 Å². The zero-order valence-corrected chi connectivity index (χ0v) is 16.1. The van der Waals surface area contributed by atoms with Gasteiger partial charge in [-0.2, -0.15) is 0 Å². The van der Waals surface area contributed by atoms with Gasteiger partial charge in [-0.3, -0.25) is 9.59 Å². The van der Waals surface area contributed by atoms with Gasteiger partial charge < -0.3 is 20.1 Å². The number of aliphatic carboxylic acids is 1. The van der Waals surface area contributed by atoms with Crippen molar-refractivity contribution in [2.45, 2.75) is 90.6 Å². The molecule has 0 saturated heterocycles. The molecule has 6 heteroatoms. The highest BCUT2D eigenvalue weighted by molar-refractivity contribution is 5.70. The van der Waals surface area contributed by atoms with Crippen molar-refractivity contribution in [1.29, 1.82) is 0 Å². The molecule has 1 rings (SSSR count). The molecule has 0 heterocycles. The van der Waals surface area contributed by atoms with E-state index in [4.69, 9.17) is 20.1 Å². The van der Waals surface area contributed by atoms with Crippen molar-refractivity contribution in [3.05, 3.63) is 0 Å². The number of carboxylic acid groups (broad SMARTS) is 1. The van der Waals surface area contributed by atoms with Gasteiger partial charge in [0.25, 0.3) is 0 Å². The highest BCUT2D eigenvalue weighted by atomic mass is 16.6. The third-order valence-electron chi connectivity index (χ3n) is 4.71. The smallest absolute Gasteiger partial charge is 0.306 e. The minimum atomic E-state index is -0.807. The molecule has 0 atom stereocenters. The van der Waals surface area contributed by atoms with Gasteiger partial charge in [-0.15, -0.1) is 0 Å². The molecule has 3 N–H and O–H groups in total. The van der Waals surface area contributed by atoms with Crippen LogP contribution in [0.5, 0.6) is 0 Å². The summed E-state index contributed by atoms with van der Waals surface area (Å²) in [5.41, 5.74) is -0.415. The first-order valence-electron chi connectivity index (χ1n) is 9.34. The third kappa shape index (κ3) is 9.80. The van der Waals surface area contributed by atoms with Crippen molar-refractivity contribution in [3.63, 3.8) is 0 Å². The third-order valence-corrected chi connectivity index (χ3v) is 4.71. The van der Waals surface area contributed by atoms with Gasteiger partial charge in [0.2, 0.25) is 0 Å². The number of hydrogen-bond donors (Lipinski definition) is 3. The molecule has 0 amide bonds. The number of carbonyl (C=O) groups is 2. The SMILES string of the molecule is CC(C)(C)C1(OC(=O)CCCCC(=O)O)CCCCCC1.OCCO. The molecule has 1 fully saturated rings. The molecule has 0 aliphatic heterocycles. The molecule has 0 unspecified atom stereocenters. The number of carbonyl (C=O) groups excluding carboxylic acids is 1. The molecule has 1 saturated carbocycles. The minimum Gasteiger partial charge on any atom is -0.481 e. The summed E-state index contributed by atoms with van der Waals surface area (Å²) in [4.78, 5) is 22.6. The Morgan fingerprint density at radius 2 is 1.40 bits per heavy atom. The Labute approximate surface area is 151 Å². The summed E-state index contributed by atoms with van der Waals surface area (Å²) in [7, 11) is 0. The van der Waals surface area contributed by atoms with Crippen molar-refractivity contribution in [1.82, 2.24) is 0 Å². The zero-order valence-electron chi connectivity index (χ0n) is 16.1. The maximum atomic E-state index is 12.2. The van der Waals surface area contributed by atoms with Crippen LogP contribution in [0, 0.1) is 5.41 Å². The summed E-state index contributed by atoms with van der Waals surface area (Å²) >= 11 is 0. The highest BCUT2D eigenvalue weighted by Crippen LogP contribution is 2.44. The van der Waals surface area contributed by atoms with E-state index >= 15 is 0 Å². The predicted molar refractivity (Wildman–Crippen MR) is 96.3 cm³/mol. The first kappa shape index (κ1) is 23.9. The lowest BCUT2D eigenvalue weighted by Crippen LogP contribution is -2.46. The van der Waals surface area contributed by atoms with Gasteiger partial charge in [0.1, 0.15) is 5.60 Å². The van der Waals surface area contributed by atoms with Crippen molar-refractivity contribution in [3.8, 4) is 0 Å². The molecule has 0 aromatic carbocycles. The molecular formula is C19H36O6. The average molecular weight is 360 g/mol. The van der Waals surface area contributed by atoms with Crippen LogP contribution in [-0.4, -0.2) is 46.1 Å². The summed E-state index contributed by atoms with van der Waals surface area (Å²) < 4.78 is 5.94. The quantitative estimate of drug-likeness (QED) is 0.366. The van der Waals surface area contributed by atoms with Gasteiger partial charge >= 0.3 is 11.9 Å². The Kier molecular flexibility index (Phi) is 11.7. The fourth-order valence-corrected chi connectivity index (χ4v) is 3.12. The molecular weight excluding hydrogens is 324 g/mol. The molecule has 148 valence electrons. The second-order valence-electron chi connectivity index (χ2n) is 7.68. The van der Waals surface area contributed by atoms with Crippen LogP contribution >= 0.6 is 0 Å². The molecule has 25 heavy (non-hydrogen) atoms. The van der Waals surface area contributed by atoms with E-state index in [0.717, 1.165) is 25.7 Å². The molecule has 0 aromatic rings. The van der Waals surface area contributed by atoms with Gasteiger partial charge in [-0.05, 0) is 38.5 Å². The van der Waals surface area contributed by atoms with E-state index in [1.807, 2.05) is 0 Å². The topological polar surface area (TPSA) is 104 Å². The second-order valence-corrected chi connectivity index (χ2v) is 7.68. The van der Waals surface area contributed by atoms with E-state index in [9.17, 15) is 9.59 Å². The summed E-state index contributed by atoms with van der Waals surface area (Å²) in [6.07, 6.45) is 8.12. The van der Waals surface area contributed by atoms with Crippen molar-refractivity contribution in [2.24, 2.45) is 5.41 Å². The summed E-state index contributed by atoms with van der Waals surface area (Å²) in [5.74, 6) is -0.976. The number of rotatable bonds is 7. The number of hydrogen-bond acceptors (Lipinski definition) is 5. The van der Waals surface area contributed by atoms with Crippen LogP contribution < -0.4 is 0 Å². The van der Waals surface area contributed by atoms with Gasteiger partial charge in [-0.25, -0.2) is 0 Å². The number of unbranched alkanes of at least 4 members (excludes halogenated alkanes) is 1. The Bertz CT molecular complexity index is 376. The summed E-state index contributed by atoms with van der Waals surface area (Å²) in [6, 6.07) is 0. The van der Waals surface area contributed by atoms with Crippen LogP contribution in [0.25, 0.3) is 0 Å². The number of esters is 1. The number of aliphatic hydroxyl groups is 2. The minimum absolute atomic E-state index is 0.0614. The molecule has 6 nitrogen and oxygen atoms in total. The molecule has 0 radical (unpaired) electrons. The van der Waals surface area contributed by atoms with Crippen LogP contribution in [0.4, 0.5) is 0 Å². The molecule has 0 bridgehead atoms. The van der Waals surface area contributed by atoms with E-state index in [1.54, 1.807) is 0 Å². The first-order valence-corrected chi connectivity index (χ1v) is 9.34. The lowest BCUT2D eigenvalue weighted by atomic mass is 9.71. The monoisotopic (exact) mass is 360 g/mol. The van der Waals surface area contributed by atoms with Gasteiger partial charge in [0, 0.05) is 18.3 Å². The maximum Gasteiger partial charge on any atom is 0.306 e. The van der Waals surface area contributed by atoms with Crippen molar-refractivity contribution < 1.29 is 29.6 Å². The summed E-state index contributed by atoms with van der Waals surface area (Å²) in [6.45, 7) is 6.20. The van der Waals surface area contributed by atoms with E-state index in [0.29, 0.717) is 19.3 Å². The molecule has 0 aromatic heterocycles. The second kappa shape index (κ2) is 12.3. The lowest BCUT2D eigenvalue weighted by molar-refractivity contribution is -0.176. The number of ether oxygens (including phenoxy) is 1. The van der Waals surface area contributed by atoms with E-state index in [2.05, 4.69) is 20.8 Å². The normalized spacial score (nSPS) is 17.0. The van der Waals surface area contributed by atoms with Gasteiger partial charge in [-0.1, -0.05) is 33.6 Å². The van der Waals surface area contributed by atoms with Crippen molar-refractivity contribution >= 4 is 11.9 Å². The average Bonchev–Trinajstić information content (AvgIpc) is 2.78. The highest BCUT2D eigenvalue weighted by Gasteiger charge is 2.45.